The van der Waals surface area contributed by atoms with Crippen LogP contribution in [-0.2, 0) is 13.6 Å². The summed E-state index contributed by atoms with van der Waals surface area (Å²) in [6, 6.07) is 4.83. The van der Waals surface area contributed by atoms with Crippen LogP contribution >= 0.6 is 11.3 Å². The second-order valence-electron chi connectivity index (χ2n) is 6.50. The van der Waals surface area contributed by atoms with Gasteiger partial charge in [0, 0.05) is 31.9 Å². The minimum Gasteiger partial charge on any atom is -0.334 e. The monoisotopic (exact) mass is 415 g/mol. The van der Waals surface area contributed by atoms with Gasteiger partial charge in [-0.2, -0.15) is 5.10 Å². The number of hydrogen-bond donors (Lipinski definition) is 1. The van der Waals surface area contributed by atoms with Crippen molar-refractivity contribution in [2.75, 3.05) is 7.05 Å². The zero-order valence-corrected chi connectivity index (χ0v) is 16.3. The van der Waals surface area contributed by atoms with E-state index in [9.17, 15) is 18.4 Å². The number of benzene rings is 1. The number of thiophene rings is 1. The normalized spacial score (nSPS) is 11.2. The fourth-order valence-electron chi connectivity index (χ4n) is 3.02. The van der Waals surface area contributed by atoms with E-state index in [0.29, 0.717) is 16.0 Å². The molecule has 0 atom stereocenters. The summed E-state index contributed by atoms with van der Waals surface area (Å²) >= 11 is 1.29. The van der Waals surface area contributed by atoms with Crippen LogP contribution < -0.4 is 5.56 Å². The topological polar surface area (TPSA) is 83.9 Å². The predicted octanol–water partition coefficient (Wildman–Crippen LogP) is 2.94. The summed E-state index contributed by atoms with van der Waals surface area (Å²) in [6.45, 7) is 0.0418. The number of fused-ring (bicyclic) bond motifs is 1. The molecule has 3 aromatic heterocycles. The Morgan fingerprint density at radius 2 is 2.10 bits per heavy atom. The van der Waals surface area contributed by atoms with Crippen molar-refractivity contribution in [1.82, 2.24) is 24.6 Å². The molecule has 0 aliphatic rings. The molecule has 0 fully saturated rings. The van der Waals surface area contributed by atoms with E-state index in [1.165, 1.54) is 40.2 Å². The summed E-state index contributed by atoms with van der Waals surface area (Å²) in [5, 5.41) is 5.93. The van der Waals surface area contributed by atoms with E-state index in [2.05, 4.69) is 15.1 Å². The van der Waals surface area contributed by atoms with Gasteiger partial charge < -0.3 is 9.88 Å². The molecule has 1 amide bonds. The lowest BCUT2D eigenvalue weighted by Gasteiger charge is -2.16. The van der Waals surface area contributed by atoms with Gasteiger partial charge in [0.25, 0.3) is 11.5 Å². The highest BCUT2D eigenvalue weighted by Gasteiger charge is 2.23. The van der Waals surface area contributed by atoms with Crippen molar-refractivity contribution in [3.63, 3.8) is 0 Å². The number of hydrogen-bond acceptors (Lipinski definition) is 5. The third-order valence-electron chi connectivity index (χ3n) is 4.34. The van der Waals surface area contributed by atoms with Crippen LogP contribution in [0.15, 0.2) is 40.6 Å². The Balaban J connectivity index is 1.66. The second-order valence-corrected chi connectivity index (χ2v) is 7.41. The minimum atomic E-state index is -0.811. The quantitative estimate of drug-likeness (QED) is 0.556. The van der Waals surface area contributed by atoms with Gasteiger partial charge in [-0.15, -0.1) is 11.3 Å². The molecule has 0 aliphatic heterocycles. The molecule has 7 nitrogen and oxygen atoms in total. The third-order valence-corrected chi connectivity index (χ3v) is 5.25. The number of aryl methyl sites for hydroxylation is 1. The number of nitrogens with one attached hydrogen (secondary N) is 1. The van der Waals surface area contributed by atoms with E-state index in [-0.39, 0.29) is 28.9 Å². The molecule has 0 saturated heterocycles. The number of halogens is 2. The number of rotatable bonds is 4. The van der Waals surface area contributed by atoms with E-state index in [1.807, 2.05) is 0 Å². The van der Waals surface area contributed by atoms with Crippen LogP contribution in [0.1, 0.15) is 16.2 Å². The highest BCUT2D eigenvalue weighted by molar-refractivity contribution is 7.17. The van der Waals surface area contributed by atoms with E-state index in [0.717, 1.165) is 12.1 Å². The molecule has 10 heteroatoms. The fourth-order valence-corrected chi connectivity index (χ4v) is 3.75. The number of H-pyrrole nitrogens is 1. The zero-order valence-electron chi connectivity index (χ0n) is 15.4. The van der Waals surface area contributed by atoms with Crippen molar-refractivity contribution in [3.05, 3.63) is 69.2 Å². The minimum absolute atomic E-state index is 0.0231. The van der Waals surface area contributed by atoms with Gasteiger partial charge in [0.15, 0.2) is 0 Å². The van der Waals surface area contributed by atoms with Crippen LogP contribution in [0.3, 0.4) is 0 Å². The number of aromatic nitrogens is 4. The van der Waals surface area contributed by atoms with E-state index in [4.69, 9.17) is 0 Å². The number of amides is 1. The molecule has 3 heterocycles. The molecule has 0 saturated carbocycles. The predicted molar refractivity (Wildman–Crippen MR) is 105 cm³/mol. The average molecular weight is 415 g/mol. The Bertz CT molecular complexity index is 1290. The highest BCUT2D eigenvalue weighted by Crippen LogP contribution is 2.26. The van der Waals surface area contributed by atoms with E-state index in [1.54, 1.807) is 18.5 Å². The lowest BCUT2D eigenvalue weighted by Crippen LogP contribution is -2.28. The molecular formula is C19H15F2N5O2S. The van der Waals surface area contributed by atoms with Crippen LogP contribution in [0.25, 0.3) is 21.5 Å². The van der Waals surface area contributed by atoms with Crippen LogP contribution in [0.2, 0.25) is 0 Å². The molecular weight excluding hydrogens is 400 g/mol. The van der Waals surface area contributed by atoms with Crippen molar-refractivity contribution in [1.29, 1.82) is 0 Å². The maximum Gasteiger partial charge on any atom is 0.268 e. The molecule has 0 aliphatic carbocycles. The van der Waals surface area contributed by atoms with Crippen LogP contribution in [0, 0.1) is 11.6 Å². The number of carbonyl (C=O) groups excluding carboxylic acids is 1. The standard InChI is InChI=1S/C19H15F2N5O2S/c1-25(9-15-22-14-5-6-29-17(14)18(27)23-15)19(28)12-8-26(2)24-16(12)11-4-3-10(20)7-13(11)21/h3-8H,9H2,1-2H3,(H,22,23,27). The SMILES string of the molecule is CN(Cc1nc2ccsc2c(=O)[nH]1)C(=O)c1cn(C)nc1-c1ccc(F)cc1F. The molecule has 0 radical (unpaired) electrons. The maximum atomic E-state index is 14.2. The van der Waals surface area contributed by atoms with Crippen LogP contribution in [-0.4, -0.2) is 37.6 Å². The van der Waals surface area contributed by atoms with E-state index >= 15 is 0 Å². The van der Waals surface area contributed by atoms with Gasteiger partial charge in [-0.1, -0.05) is 0 Å². The Morgan fingerprint density at radius 3 is 2.86 bits per heavy atom. The zero-order chi connectivity index (χ0) is 20.7. The Labute approximate surface area is 167 Å². The summed E-state index contributed by atoms with van der Waals surface area (Å²) in [7, 11) is 3.14. The lowest BCUT2D eigenvalue weighted by molar-refractivity contribution is 0.0782. The third kappa shape index (κ3) is 3.54. The smallest absolute Gasteiger partial charge is 0.268 e. The maximum absolute atomic E-state index is 14.2. The van der Waals surface area contributed by atoms with Gasteiger partial charge in [0.2, 0.25) is 0 Å². The molecule has 4 aromatic rings. The van der Waals surface area contributed by atoms with Crippen molar-refractivity contribution < 1.29 is 13.6 Å². The lowest BCUT2D eigenvalue weighted by atomic mass is 10.1. The first kappa shape index (κ1) is 18.9. The Hall–Kier alpha value is -3.40. The molecule has 0 spiro atoms. The molecule has 148 valence electrons. The van der Waals surface area contributed by atoms with Gasteiger partial charge in [0.1, 0.15) is 27.9 Å². The van der Waals surface area contributed by atoms with Crippen LogP contribution in [0.5, 0.6) is 0 Å². The van der Waals surface area contributed by atoms with Crippen molar-refractivity contribution in [2.45, 2.75) is 6.54 Å². The van der Waals surface area contributed by atoms with Crippen molar-refractivity contribution >= 4 is 27.5 Å². The van der Waals surface area contributed by atoms with Crippen molar-refractivity contribution in [2.24, 2.45) is 7.05 Å². The Kier molecular flexibility index (Phi) is 4.71. The first-order valence-corrected chi connectivity index (χ1v) is 9.42. The van der Waals surface area contributed by atoms with Crippen molar-refractivity contribution in [3.8, 4) is 11.3 Å². The summed E-state index contributed by atoms with van der Waals surface area (Å²) in [5.41, 5.74) is 0.576. The second kappa shape index (κ2) is 7.21. The van der Waals surface area contributed by atoms with Gasteiger partial charge >= 0.3 is 0 Å². The molecule has 1 N–H and O–H groups in total. The number of carbonyl (C=O) groups is 1. The highest BCUT2D eigenvalue weighted by atomic mass is 32.1. The summed E-state index contributed by atoms with van der Waals surface area (Å²) in [5.74, 6) is -1.64. The summed E-state index contributed by atoms with van der Waals surface area (Å²) in [6.07, 6.45) is 1.47. The number of aromatic amines is 1. The average Bonchev–Trinajstić information content (AvgIpc) is 3.28. The van der Waals surface area contributed by atoms with Gasteiger partial charge in [-0.3, -0.25) is 14.3 Å². The first-order chi connectivity index (χ1) is 13.8. The summed E-state index contributed by atoms with van der Waals surface area (Å²) < 4.78 is 29.4. The fraction of sp³-hybridized carbons (Fsp3) is 0.158. The van der Waals surface area contributed by atoms with Gasteiger partial charge in [-0.25, -0.2) is 13.8 Å². The molecule has 1 aromatic carbocycles. The van der Waals surface area contributed by atoms with Gasteiger partial charge in [-0.05, 0) is 23.6 Å². The molecule has 0 unspecified atom stereocenters. The molecule has 29 heavy (non-hydrogen) atoms. The largest absolute Gasteiger partial charge is 0.334 e. The van der Waals surface area contributed by atoms with Crippen LogP contribution in [0.4, 0.5) is 8.78 Å². The van der Waals surface area contributed by atoms with Gasteiger partial charge in [0.05, 0.1) is 17.6 Å². The number of nitrogens with zero attached hydrogens (tertiary/aromatic N) is 4. The Morgan fingerprint density at radius 1 is 1.31 bits per heavy atom. The summed E-state index contributed by atoms with van der Waals surface area (Å²) in [4.78, 5) is 33.5. The molecule has 0 bridgehead atoms. The molecule has 4 rings (SSSR count). The van der Waals surface area contributed by atoms with E-state index < -0.39 is 17.5 Å². The first-order valence-electron chi connectivity index (χ1n) is 8.54.